The maximum absolute atomic E-state index is 12.1. The fourth-order valence-electron chi connectivity index (χ4n) is 3.57. The predicted molar refractivity (Wildman–Crippen MR) is 73.5 cm³/mol. The van der Waals surface area contributed by atoms with Crippen LogP contribution < -0.4 is 11.1 Å². The summed E-state index contributed by atoms with van der Waals surface area (Å²) < 4.78 is 24.1. The second-order valence-corrected chi connectivity index (χ2v) is 7.82. The van der Waals surface area contributed by atoms with E-state index >= 15 is 0 Å². The molecule has 1 amide bonds. The third kappa shape index (κ3) is 2.64. The topological polar surface area (TPSA) is 92.5 Å². The minimum atomic E-state index is -3.28. The number of nitrogens with two attached hydrogens (primary N) is 1. The molecule has 0 spiro atoms. The number of carbonyl (C=O) groups excluding carboxylic acids is 1. The van der Waals surface area contributed by atoms with Crippen molar-refractivity contribution in [3.63, 3.8) is 0 Å². The Morgan fingerprint density at radius 3 is 2.68 bits per heavy atom. The van der Waals surface area contributed by atoms with Crippen LogP contribution in [0.1, 0.15) is 25.7 Å². The molecule has 2 unspecified atom stereocenters. The van der Waals surface area contributed by atoms with Gasteiger partial charge in [-0.05, 0) is 32.2 Å². The molecule has 1 heterocycles. The van der Waals surface area contributed by atoms with Crippen molar-refractivity contribution in [2.45, 2.75) is 36.5 Å². The first-order valence-corrected chi connectivity index (χ1v) is 8.79. The number of nitrogens with one attached hydrogen (secondary N) is 1. The molecule has 2 atom stereocenters. The monoisotopic (exact) mass is 289 g/mol. The maximum atomic E-state index is 12.1. The van der Waals surface area contributed by atoms with Crippen molar-refractivity contribution in [2.24, 2.45) is 5.73 Å². The summed E-state index contributed by atoms with van der Waals surface area (Å²) >= 11 is 0. The number of hydrogen-bond acceptors (Lipinski definition) is 5. The van der Waals surface area contributed by atoms with Crippen LogP contribution in [0.5, 0.6) is 0 Å². The Morgan fingerprint density at radius 1 is 1.32 bits per heavy atom. The first kappa shape index (κ1) is 14.7. The van der Waals surface area contributed by atoms with Gasteiger partial charge in [0.05, 0.1) is 5.25 Å². The zero-order valence-electron chi connectivity index (χ0n) is 11.4. The molecule has 0 aromatic heterocycles. The molecule has 3 N–H and O–H groups in total. The molecule has 1 aliphatic carbocycles. The largest absolute Gasteiger partial charge is 0.368 e. The van der Waals surface area contributed by atoms with Crippen LogP contribution in [0.3, 0.4) is 0 Å². The lowest BCUT2D eigenvalue weighted by atomic mass is 9.93. The number of carbonyl (C=O) groups is 1. The Labute approximate surface area is 114 Å². The minimum absolute atomic E-state index is 0.484. The van der Waals surface area contributed by atoms with Crippen LogP contribution in [0.15, 0.2) is 0 Å². The Hall–Kier alpha value is -0.660. The number of amides is 1. The molecular formula is C12H23N3O3S. The molecule has 2 rings (SSSR count). The Kier molecular flexibility index (Phi) is 4.17. The SMILES string of the molecule is CS(=O)(=O)C1CCCC1(C(N)=O)N1CCCNCC1. The van der Waals surface area contributed by atoms with Crippen LogP contribution >= 0.6 is 0 Å². The van der Waals surface area contributed by atoms with E-state index in [1.807, 2.05) is 4.90 Å². The van der Waals surface area contributed by atoms with Gasteiger partial charge >= 0.3 is 0 Å². The summed E-state index contributed by atoms with van der Waals surface area (Å²) in [7, 11) is -3.28. The molecule has 19 heavy (non-hydrogen) atoms. The molecular weight excluding hydrogens is 266 g/mol. The summed E-state index contributed by atoms with van der Waals surface area (Å²) in [5.74, 6) is -0.484. The lowest BCUT2D eigenvalue weighted by Crippen LogP contribution is -2.64. The first-order chi connectivity index (χ1) is 8.89. The van der Waals surface area contributed by atoms with Gasteiger partial charge < -0.3 is 11.1 Å². The third-order valence-corrected chi connectivity index (χ3v) is 6.06. The molecule has 2 fully saturated rings. The van der Waals surface area contributed by atoms with E-state index < -0.39 is 26.5 Å². The van der Waals surface area contributed by atoms with Gasteiger partial charge in [0.15, 0.2) is 9.84 Å². The van der Waals surface area contributed by atoms with Gasteiger partial charge in [-0.2, -0.15) is 0 Å². The van der Waals surface area contributed by atoms with Crippen molar-refractivity contribution in [2.75, 3.05) is 32.4 Å². The maximum Gasteiger partial charge on any atom is 0.239 e. The zero-order valence-corrected chi connectivity index (χ0v) is 12.2. The molecule has 0 aromatic carbocycles. The lowest BCUT2D eigenvalue weighted by molar-refractivity contribution is -0.129. The molecule has 110 valence electrons. The standard InChI is InChI=1S/C12H23N3O3S/c1-19(17,18)10-4-2-5-12(10,11(13)16)15-8-3-6-14-7-9-15/h10,14H,2-9H2,1H3,(H2,13,16). The molecule has 2 aliphatic rings. The smallest absolute Gasteiger partial charge is 0.239 e. The normalized spacial score (nSPS) is 34.1. The average molecular weight is 289 g/mol. The van der Waals surface area contributed by atoms with Gasteiger partial charge in [0.2, 0.25) is 5.91 Å². The molecule has 0 aromatic rings. The Morgan fingerprint density at radius 2 is 2.05 bits per heavy atom. The fraction of sp³-hybridized carbons (Fsp3) is 0.917. The zero-order chi connectivity index (χ0) is 14.1. The van der Waals surface area contributed by atoms with E-state index in [1.54, 1.807) is 0 Å². The Balaban J connectivity index is 2.38. The summed E-state index contributed by atoms with van der Waals surface area (Å²) in [5.41, 5.74) is 4.64. The molecule has 1 saturated carbocycles. The van der Waals surface area contributed by atoms with E-state index in [1.165, 1.54) is 6.26 Å². The van der Waals surface area contributed by atoms with Gasteiger partial charge in [0.25, 0.3) is 0 Å². The van der Waals surface area contributed by atoms with Crippen molar-refractivity contribution in [3.8, 4) is 0 Å². The second-order valence-electron chi connectivity index (χ2n) is 5.59. The van der Waals surface area contributed by atoms with Crippen LogP contribution in [-0.2, 0) is 14.6 Å². The lowest BCUT2D eigenvalue weighted by Gasteiger charge is -2.41. The van der Waals surface area contributed by atoms with Crippen LogP contribution in [0.25, 0.3) is 0 Å². The minimum Gasteiger partial charge on any atom is -0.368 e. The van der Waals surface area contributed by atoms with E-state index in [9.17, 15) is 13.2 Å². The number of primary amides is 1. The summed E-state index contributed by atoms with van der Waals surface area (Å²) in [5, 5.41) is 2.61. The van der Waals surface area contributed by atoms with Crippen molar-refractivity contribution in [1.82, 2.24) is 10.2 Å². The van der Waals surface area contributed by atoms with E-state index in [2.05, 4.69) is 5.32 Å². The quantitative estimate of drug-likeness (QED) is 0.702. The fourth-order valence-corrected chi connectivity index (χ4v) is 5.26. The second kappa shape index (κ2) is 5.38. The van der Waals surface area contributed by atoms with Gasteiger partial charge in [0, 0.05) is 25.9 Å². The van der Waals surface area contributed by atoms with E-state index in [0.717, 1.165) is 32.5 Å². The molecule has 1 aliphatic heterocycles. The van der Waals surface area contributed by atoms with E-state index in [4.69, 9.17) is 5.73 Å². The van der Waals surface area contributed by atoms with Gasteiger partial charge in [0.1, 0.15) is 5.54 Å². The van der Waals surface area contributed by atoms with Crippen molar-refractivity contribution in [1.29, 1.82) is 0 Å². The van der Waals surface area contributed by atoms with Gasteiger partial charge in [-0.25, -0.2) is 8.42 Å². The highest BCUT2D eigenvalue weighted by Crippen LogP contribution is 2.39. The highest BCUT2D eigenvalue weighted by molar-refractivity contribution is 7.91. The van der Waals surface area contributed by atoms with Crippen molar-refractivity contribution >= 4 is 15.7 Å². The third-order valence-electron chi connectivity index (χ3n) is 4.40. The molecule has 0 bridgehead atoms. The van der Waals surface area contributed by atoms with Gasteiger partial charge in [-0.3, -0.25) is 9.69 Å². The number of nitrogens with zero attached hydrogens (tertiary/aromatic N) is 1. The van der Waals surface area contributed by atoms with Crippen LogP contribution in [-0.4, -0.2) is 62.4 Å². The van der Waals surface area contributed by atoms with Gasteiger partial charge in [-0.15, -0.1) is 0 Å². The van der Waals surface area contributed by atoms with Crippen LogP contribution in [0.2, 0.25) is 0 Å². The van der Waals surface area contributed by atoms with Gasteiger partial charge in [-0.1, -0.05) is 0 Å². The highest BCUT2D eigenvalue weighted by Gasteiger charge is 2.55. The summed E-state index contributed by atoms with van der Waals surface area (Å²) in [6, 6.07) is 0. The number of hydrogen-bond donors (Lipinski definition) is 2. The Bertz CT molecular complexity index is 443. The molecule has 6 nitrogen and oxygen atoms in total. The molecule has 0 radical (unpaired) electrons. The predicted octanol–water partition coefficient (Wildman–Crippen LogP) is -0.897. The average Bonchev–Trinajstić information content (AvgIpc) is 2.60. The van der Waals surface area contributed by atoms with Crippen molar-refractivity contribution in [3.05, 3.63) is 0 Å². The highest BCUT2D eigenvalue weighted by atomic mass is 32.2. The summed E-state index contributed by atoms with van der Waals surface area (Å²) in [6.07, 6.45) is 3.96. The van der Waals surface area contributed by atoms with E-state index in [0.29, 0.717) is 19.4 Å². The first-order valence-electron chi connectivity index (χ1n) is 6.83. The van der Waals surface area contributed by atoms with Crippen LogP contribution in [0, 0.1) is 0 Å². The van der Waals surface area contributed by atoms with Crippen LogP contribution in [0.4, 0.5) is 0 Å². The molecule has 7 heteroatoms. The van der Waals surface area contributed by atoms with E-state index in [-0.39, 0.29) is 0 Å². The summed E-state index contributed by atoms with van der Waals surface area (Å²) in [4.78, 5) is 14.1. The van der Waals surface area contributed by atoms with Crippen molar-refractivity contribution < 1.29 is 13.2 Å². The molecule has 1 saturated heterocycles. The summed E-state index contributed by atoms with van der Waals surface area (Å²) in [6.45, 7) is 3.07. The number of sulfone groups is 1. The number of rotatable bonds is 3.